The predicted molar refractivity (Wildman–Crippen MR) is 158 cm³/mol. The molecule has 11 nitrogen and oxygen atoms in total. The number of benzene rings is 2. The van der Waals surface area contributed by atoms with E-state index in [0.29, 0.717) is 30.0 Å². The number of halogens is 1. The summed E-state index contributed by atoms with van der Waals surface area (Å²) in [5, 5.41) is 17.2. The van der Waals surface area contributed by atoms with E-state index < -0.39 is 29.7 Å². The number of aliphatic carboxylic acids is 1. The SMILES string of the molecule is Cc1ccccc1NC(=O)Nc1ccc(NC(=O)CN(CCC(C)C)C(=O)CN(CCC(=O)O)C(=O)CBr)cc1. The molecule has 0 heterocycles. The zero-order chi connectivity index (χ0) is 29.7. The number of carbonyl (C=O) groups is 5. The number of carboxylic acid groups (broad SMARTS) is 1. The van der Waals surface area contributed by atoms with Crippen LogP contribution in [0, 0.1) is 12.8 Å². The van der Waals surface area contributed by atoms with E-state index in [9.17, 15) is 24.0 Å². The van der Waals surface area contributed by atoms with Crippen molar-refractivity contribution in [1.82, 2.24) is 9.80 Å². The van der Waals surface area contributed by atoms with E-state index in [-0.39, 0.29) is 37.3 Å². The lowest BCUT2D eigenvalue weighted by Crippen LogP contribution is -2.46. The molecule has 0 fully saturated rings. The highest BCUT2D eigenvalue weighted by Crippen LogP contribution is 2.16. The number of nitrogens with one attached hydrogen (secondary N) is 3. The molecule has 2 aromatic rings. The van der Waals surface area contributed by atoms with Gasteiger partial charge in [0.25, 0.3) is 0 Å². The van der Waals surface area contributed by atoms with Gasteiger partial charge in [0.1, 0.15) is 0 Å². The lowest BCUT2D eigenvalue weighted by Gasteiger charge is -2.27. The van der Waals surface area contributed by atoms with Crippen LogP contribution in [-0.4, -0.2) is 76.1 Å². The second-order valence-corrected chi connectivity index (χ2v) is 10.2. The summed E-state index contributed by atoms with van der Waals surface area (Å²) in [6, 6.07) is 13.5. The molecule has 0 aliphatic carbocycles. The molecule has 216 valence electrons. The van der Waals surface area contributed by atoms with E-state index in [1.165, 1.54) is 9.80 Å². The number of aryl methyl sites for hydroxylation is 1. The molecular weight excluding hydrogens is 582 g/mol. The fraction of sp³-hybridized carbons (Fsp3) is 0.393. The van der Waals surface area contributed by atoms with Crippen molar-refractivity contribution in [3.63, 3.8) is 0 Å². The number of anilines is 3. The first kappa shape index (κ1) is 32.3. The Morgan fingerprint density at radius 3 is 2.00 bits per heavy atom. The van der Waals surface area contributed by atoms with Gasteiger partial charge >= 0.3 is 12.0 Å². The Kier molecular flexibility index (Phi) is 13.1. The summed E-state index contributed by atoms with van der Waals surface area (Å²) in [6.07, 6.45) is 0.350. The van der Waals surface area contributed by atoms with Crippen molar-refractivity contribution < 1.29 is 29.1 Å². The molecular formula is C28H36BrN5O6. The molecule has 4 N–H and O–H groups in total. The molecule has 0 radical (unpaired) electrons. The van der Waals surface area contributed by atoms with E-state index in [4.69, 9.17) is 5.11 Å². The zero-order valence-electron chi connectivity index (χ0n) is 22.9. The number of hydrogen-bond acceptors (Lipinski definition) is 5. The van der Waals surface area contributed by atoms with Gasteiger partial charge in [0.2, 0.25) is 17.7 Å². The molecule has 2 rings (SSSR count). The van der Waals surface area contributed by atoms with Gasteiger partial charge in [-0.15, -0.1) is 0 Å². The van der Waals surface area contributed by atoms with Crippen molar-refractivity contribution in [3.8, 4) is 0 Å². The maximum atomic E-state index is 13.1. The van der Waals surface area contributed by atoms with Crippen LogP contribution in [0.5, 0.6) is 0 Å². The molecule has 0 atom stereocenters. The van der Waals surface area contributed by atoms with Gasteiger partial charge in [0.15, 0.2) is 0 Å². The molecule has 12 heteroatoms. The van der Waals surface area contributed by atoms with Gasteiger partial charge < -0.3 is 30.9 Å². The van der Waals surface area contributed by atoms with Crippen molar-refractivity contribution in [1.29, 1.82) is 0 Å². The Balaban J connectivity index is 1.99. The molecule has 40 heavy (non-hydrogen) atoms. The molecule has 0 unspecified atom stereocenters. The van der Waals surface area contributed by atoms with Gasteiger partial charge in [-0.25, -0.2) is 4.79 Å². The smallest absolute Gasteiger partial charge is 0.323 e. The third kappa shape index (κ3) is 11.4. The molecule has 5 amide bonds. The number of urea groups is 1. The van der Waals surface area contributed by atoms with Crippen molar-refractivity contribution >= 4 is 62.7 Å². The Labute approximate surface area is 242 Å². The topological polar surface area (TPSA) is 148 Å². The Morgan fingerprint density at radius 2 is 1.43 bits per heavy atom. The minimum atomic E-state index is -1.08. The third-order valence-electron chi connectivity index (χ3n) is 5.87. The second-order valence-electron chi connectivity index (χ2n) is 9.61. The number of para-hydroxylation sites is 1. The number of alkyl halides is 1. The first-order valence-corrected chi connectivity index (χ1v) is 14.0. The number of amides is 5. The fourth-order valence-corrected chi connectivity index (χ4v) is 3.94. The molecule has 0 bridgehead atoms. The van der Waals surface area contributed by atoms with Gasteiger partial charge in [0.05, 0.1) is 24.8 Å². The van der Waals surface area contributed by atoms with Crippen LogP contribution in [0.1, 0.15) is 32.3 Å². The summed E-state index contributed by atoms with van der Waals surface area (Å²) >= 11 is 3.06. The van der Waals surface area contributed by atoms with E-state index in [1.54, 1.807) is 30.3 Å². The summed E-state index contributed by atoms with van der Waals surface area (Å²) in [5.74, 6) is -2.10. The van der Waals surface area contributed by atoms with Crippen molar-refractivity contribution in [3.05, 3.63) is 54.1 Å². The summed E-state index contributed by atoms with van der Waals surface area (Å²) in [5.41, 5.74) is 2.63. The van der Waals surface area contributed by atoms with Crippen LogP contribution in [0.25, 0.3) is 0 Å². The first-order valence-electron chi connectivity index (χ1n) is 12.8. The van der Waals surface area contributed by atoms with Gasteiger partial charge in [-0.05, 0) is 55.2 Å². The minimum Gasteiger partial charge on any atom is -0.481 e. The Morgan fingerprint density at radius 1 is 0.825 bits per heavy atom. The maximum absolute atomic E-state index is 13.1. The summed E-state index contributed by atoms with van der Waals surface area (Å²) in [6.45, 7) is 5.51. The van der Waals surface area contributed by atoms with Crippen LogP contribution in [0.2, 0.25) is 0 Å². The third-order valence-corrected chi connectivity index (χ3v) is 6.35. The molecule has 0 aliphatic heterocycles. The van der Waals surface area contributed by atoms with Crippen molar-refractivity contribution in [2.45, 2.75) is 33.6 Å². The quantitative estimate of drug-likeness (QED) is 0.234. The standard InChI is InChI=1S/C28H36BrN5O6/c1-19(2)12-14-33(26(37)18-34(25(36)16-29)15-13-27(38)39)17-24(35)30-21-8-10-22(11-9-21)31-28(40)32-23-7-5-4-6-20(23)3/h4-11,19H,12-18H2,1-3H3,(H,30,35)(H,38,39)(H2,31,32,40). The molecule has 0 spiro atoms. The van der Waals surface area contributed by atoms with Crippen molar-refractivity contribution in [2.75, 3.05) is 47.5 Å². The Hall–Kier alpha value is -3.93. The normalized spacial score (nSPS) is 10.5. The number of carbonyl (C=O) groups excluding carboxylic acids is 4. The Bertz CT molecular complexity index is 1190. The highest BCUT2D eigenvalue weighted by atomic mass is 79.9. The lowest BCUT2D eigenvalue weighted by molar-refractivity contribution is -0.142. The van der Waals surface area contributed by atoms with E-state index in [1.807, 2.05) is 39.0 Å². The zero-order valence-corrected chi connectivity index (χ0v) is 24.5. The van der Waals surface area contributed by atoms with Crippen LogP contribution in [0.3, 0.4) is 0 Å². The molecule has 2 aromatic carbocycles. The van der Waals surface area contributed by atoms with Gasteiger partial charge in [0, 0.05) is 30.2 Å². The average Bonchev–Trinajstić information content (AvgIpc) is 2.90. The molecule has 0 saturated heterocycles. The maximum Gasteiger partial charge on any atom is 0.323 e. The van der Waals surface area contributed by atoms with Crippen LogP contribution in [-0.2, 0) is 19.2 Å². The van der Waals surface area contributed by atoms with Crippen LogP contribution in [0.15, 0.2) is 48.5 Å². The lowest BCUT2D eigenvalue weighted by atomic mass is 10.1. The van der Waals surface area contributed by atoms with Gasteiger partial charge in [-0.3, -0.25) is 19.2 Å². The van der Waals surface area contributed by atoms with Gasteiger partial charge in [-0.2, -0.15) is 0 Å². The van der Waals surface area contributed by atoms with Crippen molar-refractivity contribution in [2.24, 2.45) is 5.92 Å². The average molecular weight is 619 g/mol. The number of nitrogens with zero attached hydrogens (tertiary/aromatic N) is 2. The monoisotopic (exact) mass is 617 g/mol. The van der Waals surface area contributed by atoms with E-state index in [0.717, 1.165) is 5.56 Å². The summed E-state index contributed by atoms with van der Waals surface area (Å²) < 4.78 is 0. The number of carboxylic acids is 1. The molecule has 0 saturated carbocycles. The number of hydrogen-bond donors (Lipinski definition) is 4. The number of rotatable bonds is 14. The van der Waals surface area contributed by atoms with Crippen LogP contribution in [0.4, 0.5) is 21.9 Å². The second kappa shape index (κ2) is 16.2. The van der Waals surface area contributed by atoms with Crippen LogP contribution < -0.4 is 16.0 Å². The van der Waals surface area contributed by atoms with E-state index >= 15 is 0 Å². The first-order chi connectivity index (χ1) is 19.0. The van der Waals surface area contributed by atoms with Crippen LogP contribution >= 0.6 is 15.9 Å². The summed E-state index contributed by atoms with van der Waals surface area (Å²) in [4.78, 5) is 63.9. The largest absolute Gasteiger partial charge is 0.481 e. The summed E-state index contributed by atoms with van der Waals surface area (Å²) in [7, 11) is 0. The molecule has 0 aliphatic rings. The minimum absolute atomic E-state index is 0.0508. The predicted octanol–water partition coefficient (Wildman–Crippen LogP) is 4.15. The fourth-order valence-electron chi connectivity index (χ4n) is 3.58. The highest BCUT2D eigenvalue weighted by molar-refractivity contribution is 9.09. The van der Waals surface area contributed by atoms with E-state index in [2.05, 4.69) is 31.9 Å². The van der Waals surface area contributed by atoms with Gasteiger partial charge in [-0.1, -0.05) is 48.0 Å². The highest BCUT2D eigenvalue weighted by Gasteiger charge is 2.23. The molecule has 0 aromatic heterocycles.